The number of carbonyl (C=O) groups is 2. The Labute approximate surface area is 137 Å². The number of nitrogens with one attached hydrogen (secondary N) is 1. The summed E-state index contributed by atoms with van der Waals surface area (Å²) in [5, 5.41) is 3.40. The lowest BCUT2D eigenvalue weighted by Crippen LogP contribution is -2.45. The Bertz CT molecular complexity index is 485. The van der Waals surface area contributed by atoms with Gasteiger partial charge in [0, 0.05) is 17.4 Å². The summed E-state index contributed by atoms with van der Waals surface area (Å²) in [6.07, 6.45) is 2.16. The predicted molar refractivity (Wildman–Crippen MR) is 87.8 cm³/mol. The van der Waals surface area contributed by atoms with Crippen LogP contribution in [0, 0.1) is 5.92 Å². The molecule has 4 nitrogen and oxygen atoms in total. The van der Waals surface area contributed by atoms with Crippen molar-refractivity contribution in [2.24, 2.45) is 5.92 Å². The minimum atomic E-state index is -0.673. The minimum absolute atomic E-state index is 0.161. The summed E-state index contributed by atoms with van der Waals surface area (Å²) in [6.45, 7) is 5.98. The van der Waals surface area contributed by atoms with Gasteiger partial charge in [-0.1, -0.05) is 50.9 Å². The third-order valence-electron chi connectivity index (χ3n) is 3.22. The number of benzene rings is 1. The van der Waals surface area contributed by atoms with Gasteiger partial charge in [0.2, 0.25) is 5.91 Å². The van der Waals surface area contributed by atoms with Crippen molar-refractivity contribution in [3.05, 3.63) is 34.9 Å². The zero-order valence-corrected chi connectivity index (χ0v) is 14.2. The number of ether oxygens (including phenoxy) is 1. The molecule has 0 aliphatic carbocycles. The van der Waals surface area contributed by atoms with Crippen LogP contribution in [0.1, 0.15) is 39.2 Å². The van der Waals surface area contributed by atoms with Gasteiger partial charge in [0.15, 0.2) is 0 Å². The summed E-state index contributed by atoms with van der Waals surface area (Å²) in [5.41, 5.74) is 0.922. The number of carbonyl (C=O) groups excluding carboxylic acids is 2. The maximum atomic E-state index is 12.2. The Morgan fingerprint density at radius 3 is 2.41 bits per heavy atom. The second kappa shape index (κ2) is 9.46. The summed E-state index contributed by atoms with van der Waals surface area (Å²) < 4.78 is 5.24. The first-order valence-corrected chi connectivity index (χ1v) is 8.03. The van der Waals surface area contributed by atoms with Crippen LogP contribution in [0.15, 0.2) is 24.3 Å². The molecule has 0 aromatic heterocycles. The van der Waals surface area contributed by atoms with Gasteiger partial charge in [-0.15, -0.1) is 0 Å². The molecule has 5 heteroatoms. The second-order valence-electron chi connectivity index (χ2n) is 5.57. The molecule has 1 N–H and O–H groups in total. The Kier molecular flexibility index (Phi) is 7.96. The zero-order chi connectivity index (χ0) is 16.5. The van der Waals surface area contributed by atoms with Gasteiger partial charge in [0.1, 0.15) is 6.04 Å². The summed E-state index contributed by atoms with van der Waals surface area (Å²) in [5.74, 6) is -0.736. The van der Waals surface area contributed by atoms with Crippen molar-refractivity contribution in [2.45, 2.75) is 46.1 Å². The highest BCUT2D eigenvalue weighted by Gasteiger charge is 2.23. The minimum Gasteiger partial charge on any atom is -0.464 e. The number of hydrogen-bond donors (Lipinski definition) is 1. The molecule has 122 valence electrons. The van der Waals surface area contributed by atoms with Crippen LogP contribution in [0.25, 0.3) is 0 Å². The van der Waals surface area contributed by atoms with E-state index in [4.69, 9.17) is 16.3 Å². The summed E-state index contributed by atoms with van der Waals surface area (Å²) in [6, 6.07) is 6.54. The molecule has 22 heavy (non-hydrogen) atoms. The molecule has 0 bridgehead atoms. The predicted octanol–water partition coefficient (Wildman–Crippen LogP) is 3.37. The van der Waals surface area contributed by atoms with Crippen molar-refractivity contribution in [1.82, 2.24) is 5.32 Å². The van der Waals surface area contributed by atoms with Crippen molar-refractivity contribution in [3.63, 3.8) is 0 Å². The Balaban J connectivity index is 2.74. The molecule has 0 spiro atoms. The van der Waals surface area contributed by atoms with E-state index in [0.29, 0.717) is 18.1 Å². The average Bonchev–Trinajstić information content (AvgIpc) is 2.48. The SMILES string of the molecule is CCCCOC(=O)[C@@H](Cc1ccc(Cl)cc1)NC(=O)C(C)C. The van der Waals surface area contributed by atoms with E-state index in [-0.39, 0.29) is 11.8 Å². The van der Waals surface area contributed by atoms with Crippen LogP contribution >= 0.6 is 11.6 Å². The Morgan fingerprint density at radius 2 is 1.86 bits per heavy atom. The molecule has 1 amide bonds. The lowest BCUT2D eigenvalue weighted by atomic mass is 10.0. The molecule has 0 saturated heterocycles. The Morgan fingerprint density at radius 1 is 1.23 bits per heavy atom. The molecule has 0 heterocycles. The molecule has 1 aromatic carbocycles. The molecule has 1 atom stereocenters. The van der Waals surface area contributed by atoms with E-state index in [1.165, 1.54) is 0 Å². The average molecular weight is 326 g/mol. The van der Waals surface area contributed by atoms with E-state index >= 15 is 0 Å². The van der Waals surface area contributed by atoms with Crippen LogP contribution in [0.2, 0.25) is 5.02 Å². The highest BCUT2D eigenvalue weighted by Crippen LogP contribution is 2.12. The largest absolute Gasteiger partial charge is 0.464 e. The van der Waals surface area contributed by atoms with Crippen LogP contribution < -0.4 is 5.32 Å². The lowest BCUT2D eigenvalue weighted by Gasteiger charge is -2.19. The monoisotopic (exact) mass is 325 g/mol. The first kappa shape index (κ1) is 18.5. The molecule has 0 aliphatic rings. The van der Waals surface area contributed by atoms with Crippen LogP contribution in [0.4, 0.5) is 0 Å². The van der Waals surface area contributed by atoms with Crippen molar-refractivity contribution >= 4 is 23.5 Å². The maximum Gasteiger partial charge on any atom is 0.328 e. The highest BCUT2D eigenvalue weighted by molar-refractivity contribution is 6.30. The molecule has 0 aliphatic heterocycles. The number of amides is 1. The van der Waals surface area contributed by atoms with Crippen molar-refractivity contribution in [2.75, 3.05) is 6.61 Å². The van der Waals surface area contributed by atoms with Crippen LogP contribution in [0.3, 0.4) is 0 Å². The summed E-state index contributed by atoms with van der Waals surface area (Å²) in [4.78, 5) is 24.1. The fourth-order valence-electron chi connectivity index (χ4n) is 1.81. The molecular formula is C17H24ClNO3. The number of unbranched alkanes of at least 4 members (excludes halogenated alkanes) is 1. The van der Waals surface area contributed by atoms with E-state index in [1.54, 1.807) is 26.0 Å². The van der Waals surface area contributed by atoms with E-state index in [9.17, 15) is 9.59 Å². The van der Waals surface area contributed by atoms with Gasteiger partial charge in [-0.2, -0.15) is 0 Å². The third-order valence-corrected chi connectivity index (χ3v) is 3.47. The van der Waals surface area contributed by atoms with Crippen molar-refractivity contribution < 1.29 is 14.3 Å². The van der Waals surface area contributed by atoms with Crippen LogP contribution in [-0.2, 0) is 20.7 Å². The fourth-order valence-corrected chi connectivity index (χ4v) is 1.93. The quantitative estimate of drug-likeness (QED) is 0.589. The van der Waals surface area contributed by atoms with E-state index in [1.807, 2.05) is 19.1 Å². The van der Waals surface area contributed by atoms with Crippen LogP contribution in [0.5, 0.6) is 0 Å². The standard InChI is InChI=1S/C17H24ClNO3/c1-4-5-10-22-17(21)15(19-16(20)12(2)3)11-13-6-8-14(18)9-7-13/h6-9,12,15H,4-5,10-11H2,1-3H3,(H,19,20)/t15-/m1/s1. The van der Waals surface area contributed by atoms with Crippen molar-refractivity contribution in [3.8, 4) is 0 Å². The van der Waals surface area contributed by atoms with Gasteiger partial charge in [-0.25, -0.2) is 4.79 Å². The third kappa shape index (κ3) is 6.48. The topological polar surface area (TPSA) is 55.4 Å². The molecule has 1 rings (SSSR count). The number of halogens is 1. The highest BCUT2D eigenvalue weighted by atomic mass is 35.5. The number of esters is 1. The fraction of sp³-hybridized carbons (Fsp3) is 0.529. The van der Waals surface area contributed by atoms with Gasteiger partial charge >= 0.3 is 5.97 Å². The van der Waals surface area contributed by atoms with E-state index < -0.39 is 12.0 Å². The second-order valence-corrected chi connectivity index (χ2v) is 6.00. The maximum absolute atomic E-state index is 12.2. The number of rotatable bonds is 8. The zero-order valence-electron chi connectivity index (χ0n) is 13.4. The molecular weight excluding hydrogens is 302 g/mol. The molecule has 0 radical (unpaired) electrons. The molecule has 0 saturated carbocycles. The molecule has 0 unspecified atom stereocenters. The summed E-state index contributed by atoms with van der Waals surface area (Å²) in [7, 11) is 0. The van der Waals surface area contributed by atoms with E-state index in [0.717, 1.165) is 18.4 Å². The molecule has 0 fully saturated rings. The first-order valence-electron chi connectivity index (χ1n) is 7.65. The smallest absolute Gasteiger partial charge is 0.328 e. The van der Waals surface area contributed by atoms with Gasteiger partial charge in [-0.3, -0.25) is 4.79 Å². The number of hydrogen-bond acceptors (Lipinski definition) is 3. The van der Waals surface area contributed by atoms with Gasteiger partial charge in [-0.05, 0) is 24.1 Å². The van der Waals surface area contributed by atoms with Crippen molar-refractivity contribution in [1.29, 1.82) is 0 Å². The van der Waals surface area contributed by atoms with Gasteiger partial charge < -0.3 is 10.1 Å². The summed E-state index contributed by atoms with van der Waals surface area (Å²) >= 11 is 5.86. The molecule has 1 aromatic rings. The normalized spacial score (nSPS) is 12.0. The van der Waals surface area contributed by atoms with Gasteiger partial charge in [0.05, 0.1) is 6.61 Å². The lowest BCUT2D eigenvalue weighted by molar-refractivity contribution is -0.148. The van der Waals surface area contributed by atoms with Crippen LogP contribution in [-0.4, -0.2) is 24.5 Å². The first-order chi connectivity index (χ1) is 10.4. The van der Waals surface area contributed by atoms with E-state index in [2.05, 4.69) is 5.32 Å². The van der Waals surface area contributed by atoms with Gasteiger partial charge in [0.25, 0.3) is 0 Å². The Hall–Kier alpha value is -1.55.